The van der Waals surface area contributed by atoms with Crippen molar-refractivity contribution in [1.29, 1.82) is 0 Å². The van der Waals surface area contributed by atoms with Crippen LogP contribution in [0.25, 0.3) is 0 Å². The van der Waals surface area contributed by atoms with Crippen molar-refractivity contribution in [2.24, 2.45) is 0 Å². The molecule has 0 amide bonds. The molecule has 0 aromatic heterocycles. The molecule has 0 saturated carbocycles. The van der Waals surface area contributed by atoms with Crippen LogP contribution in [0.15, 0.2) is 42.5 Å². The van der Waals surface area contributed by atoms with Gasteiger partial charge in [0.2, 0.25) is 0 Å². The van der Waals surface area contributed by atoms with E-state index >= 15 is 0 Å². The SMILES string of the molecule is Cc1ccc(C)c(C(C)Nc2ccccc2CN2CCC(O)CC2)c1. The summed E-state index contributed by atoms with van der Waals surface area (Å²) < 4.78 is 0. The maximum Gasteiger partial charge on any atom is 0.0564 e. The van der Waals surface area contributed by atoms with Gasteiger partial charge in [0.05, 0.1) is 6.10 Å². The predicted molar refractivity (Wildman–Crippen MR) is 105 cm³/mol. The van der Waals surface area contributed by atoms with Crippen LogP contribution in [0.2, 0.25) is 0 Å². The van der Waals surface area contributed by atoms with Gasteiger partial charge < -0.3 is 10.4 Å². The number of nitrogens with one attached hydrogen (secondary N) is 1. The Morgan fingerprint density at radius 2 is 1.84 bits per heavy atom. The fourth-order valence-electron chi connectivity index (χ4n) is 3.65. The Hall–Kier alpha value is -1.84. The molecule has 0 aliphatic carbocycles. The molecule has 2 aromatic rings. The van der Waals surface area contributed by atoms with E-state index in [9.17, 15) is 5.11 Å². The molecule has 1 aliphatic rings. The van der Waals surface area contributed by atoms with Crippen molar-refractivity contribution < 1.29 is 5.11 Å². The standard InChI is InChI=1S/C22H30N2O/c1-16-8-9-17(2)21(14-16)18(3)23-22-7-5-4-6-19(22)15-24-12-10-20(25)11-13-24/h4-9,14,18,20,23,25H,10-13,15H2,1-3H3. The summed E-state index contributed by atoms with van der Waals surface area (Å²) in [6, 6.07) is 15.5. The van der Waals surface area contributed by atoms with Crippen molar-refractivity contribution in [2.45, 2.75) is 52.3 Å². The average Bonchev–Trinajstić information content (AvgIpc) is 2.60. The lowest BCUT2D eigenvalue weighted by Crippen LogP contribution is -2.35. The summed E-state index contributed by atoms with van der Waals surface area (Å²) in [6.07, 6.45) is 1.65. The Morgan fingerprint density at radius 1 is 1.12 bits per heavy atom. The summed E-state index contributed by atoms with van der Waals surface area (Å²) in [5.74, 6) is 0. The molecule has 1 saturated heterocycles. The summed E-state index contributed by atoms with van der Waals surface area (Å²) in [6.45, 7) is 9.45. The van der Waals surface area contributed by atoms with Gasteiger partial charge in [0.1, 0.15) is 0 Å². The van der Waals surface area contributed by atoms with Crippen LogP contribution in [0.4, 0.5) is 5.69 Å². The lowest BCUT2D eigenvalue weighted by atomic mass is 9.99. The third-order valence-electron chi connectivity index (χ3n) is 5.24. The monoisotopic (exact) mass is 338 g/mol. The zero-order valence-corrected chi connectivity index (χ0v) is 15.6. The molecule has 134 valence electrons. The second-order valence-electron chi connectivity index (χ2n) is 7.39. The van der Waals surface area contributed by atoms with Crippen molar-refractivity contribution in [1.82, 2.24) is 4.90 Å². The average molecular weight is 338 g/mol. The van der Waals surface area contributed by atoms with E-state index in [2.05, 4.69) is 73.5 Å². The van der Waals surface area contributed by atoms with E-state index in [0.29, 0.717) is 0 Å². The maximum absolute atomic E-state index is 9.70. The first-order valence-corrected chi connectivity index (χ1v) is 9.35. The van der Waals surface area contributed by atoms with Gasteiger partial charge in [0.25, 0.3) is 0 Å². The van der Waals surface area contributed by atoms with Crippen LogP contribution in [0, 0.1) is 13.8 Å². The number of aryl methyl sites for hydroxylation is 2. The number of aliphatic hydroxyl groups excluding tert-OH is 1. The van der Waals surface area contributed by atoms with Crippen molar-refractivity contribution in [3.8, 4) is 0 Å². The van der Waals surface area contributed by atoms with Gasteiger partial charge in [0, 0.05) is 31.4 Å². The predicted octanol–water partition coefficient (Wildman–Crippen LogP) is 4.43. The van der Waals surface area contributed by atoms with Crippen LogP contribution in [0.3, 0.4) is 0 Å². The zero-order chi connectivity index (χ0) is 17.8. The Kier molecular flexibility index (Phi) is 5.77. The van der Waals surface area contributed by atoms with Crippen molar-refractivity contribution >= 4 is 5.69 Å². The zero-order valence-electron chi connectivity index (χ0n) is 15.6. The van der Waals surface area contributed by atoms with E-state index in [1.54, 1.807) is 0 Å². The van der Waals surface area contributed by atoms with Gasteiger partial charge in [-0.3, -0.25) is 4.90 Å². The summed E-state index contributed by atoms with van der Waals surface area (Å²) >= 11 is 0. The second kappa shape index (κ2) is 8.03. The minimum absolute atomic E-state index is 0.117. The highest BCUT2D eigenvalue weighted by Gasteiger charge is 2.18. The molecule has 0 bridgehead atoms. The molecule has 1 fully saturated rings. The van der Waals surface area contributed by atoms with E-state index in [1.807, 2.05) is 0 Å². The van der Waals surface area contributed by atoms with Crippen LogP contribution < -0.4 is 5.32 Å². The molecule has 1 aliphatic heterocycles. The van der Waals surface area contributed by atoms with Gasteiger partial charge in [-0.1, -0.05) is 42.0 Å². The third kappa shape index (κ3) is 4.62. The number of rotatable bonds is 5. The van der Waals surface area contributed by atoms with Gasteiger partial charge in [0.15, 0.2) is 0 Å². The largest absolute Gasteiger partial charge is 0.393 e. The molecule has 25 heavy (non-hydrogen) atoms. The summed E-state index contributed by atoms with van der Waals surface area (Å²) in [5, 5.41) is 13.4. The minimum Gasteiger partial charge on any atom is -0.393 e. The molecule has 3 nitrogen and oxygen atoms in total. The summed E-state index contributed by atoms with van der Waals surface area (Å²) in [7, 11) is 0. The molecule has 3 heteroatoms. The number of piperidine rings is 1. The molecule has 1 unspecified atom stereocenters. The van der Waals surface area contributed by atoms with Crippen molar-refractivity contribution in [3.63, 3.8) is 0 Å². The number of para-hydroxylation sites is 1. The number of nitrogens with zero attached hydrogens (tertiary/aromatic N) is 1. The van der Waals surface area contributed by atoms with Crippen LogP contribution in [0.1, 0.15) is 48.1 Å². The van der Waals surface area contributed by atoms with E-state index in [1.165, 1.54) is 27.9 Å². The van der Waals surface area contributed by atoms with Crippen LogP contribution in [-0.2, 0) is 6.54 Å². The van der Waals surface area contributed by atoms with Gasteiger partial charge in [-0.25, -0.2) is 0 Å². The first kappa shape index (κ1) is 18.0. The van der Waals surface area contributed by atoms with E-state index in [0.717, 1.165) is 32.5 Å². The van der Waals surface area contributed by atoms with Gasteiger partial charge >= 0.3 is 0 Å². The van der Waals surface area contributed by atoms with E-state index in [-0.39, 0.29) is 12.1 Å². The maximum atomic E-state index is 9.70. The van der Waals surface area contributed by atoms with E-state index in [4.69, 9.17) is 0 Å². The van der Waals surface area contributed by atoms with Crippen LogP contribution in [-0.4, -0.2) is 29.2 Å². The number of likely N-dealkylation sites (tertiary alicyclic amines) is 1. The number of benzene rings is 2. The molecular weight excluding hydrogens is 308 g/mol. The minimum atomic E-state index is -0.117. The number of anilines is 1. The topological polar surface area (TPSA) is 35.5 Å². The number of hydrogen-bond donors (Lipinski definition) is 2. The molecule has 2 aromatic carbocycles. The van der Waals surface area contributed by atoms with Gasteiger partial charge in [-0.05, 0) is 56.4 Å². The Morgan fingerprint density at radius 3 is 2.60 bits per heavy atom. The molecule has 1 heterocycles. The van der Waals surface area contributed by atoms with E-state index < -0.39 is 0 Å². The number of hydrogen-bond acceptors (Lipinski definition) is 3. The lowest BCUT2D eigenvalue weighted by molar-refractivity contribution is 0.0793. The first-order chi connectivity index (χ1) is 12.0. The Bertz CT molecular complexity index is 705. The van der Waals surface area contributed by atoms with Crippen LogP contribution in [0.5, 0.6) is 0 Å². The van der Waals surface area contributed by atoms with Gasteiger partial charge in [-0.15, -0.1) is 0 Å². The van der Waals surface area contributed by atoms with Gasteiger partial charge in [-0.2, -0.15) is 0 Å². The fourth-order valence-corrected chi connectivity index (χ4v) is 3.65. The second-order valence-corrected chi connectivity index (χ2v) is 7.39. The van der Waals surface area contributed by atoms with Crippen LogP contribution >= 0.6 is 0 Å². The third-order valence-corrected chi connectivity index (χ3v) is 5.24. The molecule has 1 atom stereocenters. The van der Waals surface area contributed by atoms with Crippen molar-refractivity contribution in [2.75, 3.05) is 18.4 Å². The highest BCUT2D eigenvalue weighted by atomic mass is 16.3. The quantitative estimate of drug-likeness (QED) is 0.846. The molecule has 3 rings (SSSR count). The lowest BCUT2D eigenvalue weighted by Gasteiger charge is -2.30. The highest BCUT2D eigenvalue weighted by Crippen LogP contribution is 2.26. The highest BCUT2D eigenvalue weighted by molar-refractivity contribution is 5.53. The number of aliphatic hydroxyl groups is 1. The summed E-state index contributed by atoms with van der Waals surface area (Å²) in [4.78, 5) is 2.44. The molecule has 0 spiro atoms. The molecular formula is C22H30N2O. The molecule has 0 radical (unpaired) electrons. The Labute approximate surface area is 151 Å². The Balaban J connectivity index is 1.73. The normalized spacial score (nSPS) is 17.4. The van der Waals surface area contributed by atoms with Crippen molar-refractivity contribution in [3.05, 3.63) is 64.7 Å². The molecule has 2 N–H and O–H groups in total. The first-order valence-electron chi connectivity index (χ1n) is 9.35. The smallest absolute Gasteiger partial charge is 0.0564 e. The fraction of sp³-hybridized carbons (Fsp3) is 0.455. The summed E-state index contributed by atoms with van der Waals surface area (Å²) in [5.41, 5.74) is 6.52.